The molecular weight excluding hydrogens is 563 g/mol. The van der Waals surface area contributed by atoms with Gasteiger partial charge >= 0.3 is 12.1 Å². The number of para-hydroxylation sites is 1. The van der Waals surface area contributed by atoms with Crippen molar-refractivity contribution < 1.29 is 19.2 Å². The molecule has 0 bridgehead atoms. The van der Waals surface area contributed by atoms with Crippen LogP contribution in [0.1, 0.15) is 74.2 Å². The fourth-order valence-electron chi connectivity index (χ4n) is 5.26. The van der Waals surface area contributed by atoms with Crippen LogP contribution >= 0.6 is 23.2 Å². The lowest BCUT2D eigenvalue weighted by atomic mass is 9.75. The zero-order valence-corrected chi connectivity index (χ0v) is 24.9. The van der Waals surface area contributed by atoms with E-state index in [1.54, 1.807) is 24.1 Å². The van der Waals surface area contributed by atoms with Gasteiger partial charge in [0, 0.05) is 13.0 Å². The van der Waals surface area contributed by atoms with E-state index >= 15 is 0 Å². The molecule has 0 spiro atoms. The second-order valence-corrected chi connectivity index (χ2v) is 12.1. The molecule has 1 aromatic heterocycles. The Labute approximate surface area is 249 Å². The molecule has 1 aliphatic rings. The van der Waals surface area contributed by atoms with Gasteiger partial charge in [0.15, 0.2) is 0 Å². The standard InChI is InChI=1S/C31H32Cl2N4O4/c1-31(2,3)40-30(39)36(4)27-15-13-21(20-11-14-24(32)25(33)18-20)23-17-19(9-12-22(23)27)10-16-29(38)41-37-28-8-6-5-7-26(28)34-35-37/h5-9,11-12,14,17-18,21,27H,10,13,15-16H2,1-4H3/t21-,27-/m0/s1. The first-order valence-electron chi connectivity index (χ1n) is 13.6. The third-order valence-corrected chi connectivity index (χ3v) is 7.98. The van der Waals surface area contributed by atoms with E-state index in [2.05, 4.69) is 22.4 Å². The van der Waals surface area contributed by atoms with Gasteiger partial charge in [0.1, 0.15) is 16.6 Å². The van der Waals surface area contributed by atoms with Gasteiger partial charge in [-0.3, -0.25) is 0 Å². The van der Waals surface area contributed by atoms with Crippen LogP contribution in [-0.4, -0.2) is 44.8 Å². The quantitative estimate of drug-likeness (QED) is 0.220. The number of halogens is 2. The van der Waals surface area contributed by atoms with E-state index in [1.807, 2.05) is 57.2 Å². The summed E-state index contributed by atoms with van der Waals surface area (Å²) in [4.78, 5) is 34.0. The number of aromatic nitrogens is 3. The van der Waals surface area contributed by atoms with Crippen LogP contribution in [0.4, 0.5) is 4.79 Å². The minimum absolute atomic E-state index is 0.0523. The third kappa shape index (κ3) is 6.49. The van der Waals surface area contributed by atoms with E-state index in [0.717, 1.165) is 39.9 Å². The maximum Gasteiger partial charge on any atom is 0.410 e. The topological polar surface area (TPSA) is 86.5 Å². The Morgan fingerprint density at radius 3 is 2.54 bits per heavy atom. The normalized spacial score (nSPS) is 16.7. The summed E-state index contributed by atoms with van der Waals surface area (Å²) in [6.07, 6.45) is 1.82. The maximum atomic E-state index is 13.0. The summed E-state index contributed by atoms with van der Waals surface area (Å²) in [5, 5.41) is 8.95. The number of rotatable bonds is 6. The molecule has 0 aliphatic heterocycles. The summed E-state index contributed by atoms with van der Waals surface area (Å²) in [6.45, 7) is 5.57. The van der Waals surface area contributed by atoms with Crippen LogP contribution in [0.3, 0.4) is 0 Å². The Kier molecular flexibility index (Phi) is 8.25. The molecule has 0 saturated heterocycles. The molecule has 1 aliphatic carbocycles. The fourth-order valence-corrected chi connectivity index (χ4v) is 5.57. The van der Waals surface area contributed by atoms with Crippen LogP contribution in [0.2, 0.25) is 10.0 Å². The summed E-state index contributed by atoms with van der Waals surface area (Å²) in [6, 6.07) is 19.0. The number of fused-ring (bicyclic) bond motifs is 2. The van der Waals surface area contributed by atoms with Gasteiger partial charge in [0.05, 0.1) is 22.5 Å². The Balaban J connectivity index is 1.39. The molecule has 41 heavy (non-hydrogen) atoms. The van der Waals surface area contributed by atoms with Crippen LogP contribution < -0.4 is 4.84 Å². The number of nitrogens with zero attached hydrogens (tertiary/aromatic N) is 4. The first kappa shape index (κ1) is 28.9. The van der Waals surface area contributed by atoms with Gasteiger partial charge < -0.3 is 14.5 Å². The van der Waals surface area contributed by atoms with Crippen molar-refractivity contribution in [3.8, 4) is 0 Å². The van der Waals surface area contributed by atoms with Crippen molar-refractivity contribution >= 4 is 46.3 Å². The van der Waals surface area contributed by atoms with Gasteiger partial charge in [-0.2, -0.15) is 0 Å². The molecule has 3 aromatic carbocycles. The number of aryl methyl sites for hydroxylation is 1. The highest BCUT2D eigenvalue weighted by Gasteiger charge is 2.34. The molecule has 1 heterocycles. The average Bonchev–Trinajstić information content (AvgIpc) is 3.34. The van der Waals surface area contributed by atoms with Crippen LogP contribution in [0.5, 0.6) is 0 Å². The van der Waals surface area contributed by atoms with Crippen LogP contribution in [0.25, 0.3) is 11.0 Å². The molecule has 214 valence electrons. The predicted molar refractivity (Wildman–Crippen MR) is 158 cm³/mol. The minimum atomic E-state index is -0.595. The Hall–Kier alpha value is -3.62. The number of ether oxygens (including phenoxy) is 1. The van der Waals surface area contributed by atoms with E-state index in [0.29, 0.717) is 27.5 Å². The summed E-state index contributed by atoms with van der Waals surface area (Å²) in [7, 11) is 1.78. The molecule has 0 radical (unpaired) electrons. The number of hydrogen-bond acceptors (Lipinski definition) is 6. The summed E-state index contributed by atoms with van der Waals surface area (Å²) < 4.78 is 5.66. The van der Waals surface area contributed by atoms with Crippen molar-refractivity contribution in [1.29, 1.82) is 0 Å². The van der Waals surface area contributed by atoms with Crippen molar-refractivity contribution in [3.63, 3.8) is 0 Å². The van der Waals surface area contributed by atoms with Crippen molar-refractivity contribution in [2.75, 3.05) is 7.05 Å². The maximum absolute atomic E-state index is 13.0. The molecule has 10 heteroatoms. The van der Waals surface area contributed by atoms with Crippen LogP contribution in [0.15, 0.2) is 60.7 Å². The molecule has 4 aromatic rings. The highest BCUT2D eigenvalue weighted by atomic mass is 35.5. The Bertz CT molecular complexity index is 1600. The van der Waals surface area contributed by atoms with E-state index in [-0.39, 0.29) is 24.5 Å². The number of benzene rings is 3. The van der Waals surface area contributed by atoms with Gasteiger partial charge in [0.2, 0.25) is 0 Å². The molecule has 1 amide bonds. The fraction of sp³-hybridized carbons (Fsp3) is 0.355. The largest absolute Gasteiger partial charge is 0.444 e. The number of carbonyl (C=O) groups is 2. The second kappa shape index (κ2) is 11.7. The van der Waals surface area contributed by atoms with Gasteiger partial charge in [-0.25, -0.2) is 9.59 Å². The van der Waals surface area contributed by atoms with E-state index in [4.69, 9.17) is 32.8 Å². The van der Waals surface area contributed by atoms with Crippen molar-refractivity contribution in [3.05, 3.63) is 93.0 Å². The highest BCUT2D eigenvalue weighted by molar-refractivity contribution is 6.42. The molecule has 2 atom stereocenters. The van der Waals surface area contributed by atoms with Gasteiger partial charge in [-0.05, 0) is 91.8 Å². The number of amides is 1. The average molecular weight is 596 g/mol. The first-order valence-corrected chi connectivity index (χ1v) is 14.3. The first-order chi connectivity index (χ1) is 19.5. The summed E-state index contributed by atoms with van der Waals surface area (Å²) in [5.41, 5.74) is 4.84. The number of hydrogen-bond donors (Lipinski definition) is 0. The minimum Gasteiger partial charge on any atom is -0.444 e. The van der Waals surface area contributed by atoms with Crippen LogP contribution in [0, 0.1) is 0 Å². The predicted octanol–water partition coefficient (Wildman–Crippen LogP) is 7.16. The lowest BCUT2D eigenvalue weighted by molar-refractivity contribution is -0.145. The van der Waals surface area contributed by atoms with Crippen molar-refractivity contribution in [1.82, 2.24) is 20.1 Å². The molecular formula is C31H32Cl2N4O4. The Morgan fingerprint density at radius 2 is 1.78 bits per heavy atom. The SMILES string of the molecule is CN(C(=O)OC(C)(C)C)[C@H]1CC[C@@H](c2ccc(Cl)c(Cl)c2)c2cc(CCC(=O)On3nnc4ccccc43)ccc21. The molecule has 0 unspecified atom stereocenters. The zero-order chi connectivity index (χ0) is 29.3. The zero-order valence-electron chi connectivity index (χ0n) is 23.4. The van der Waals surface area contributed by atoms with Crippen molar-refractivity contribution in [2.24, 2.45) is 0 Å². The molecule has 8 nitrogen and oxygen atoms in total. The molecule has 5 rings (SSSR count). The third-order valence-electron chi connectivity index (χ3n) is 7.24. The van der Waals surface area contributed by atoms with Crippen molar-refractivity contribution in [2.45, 2.75) is 64.0 Å². The summed E-state index contributed by atoms with van der Waals surface area (Å²) in [5.74, 6) is -0.363. The smallest absolute Gasteiger partial charge is 0.410 e. The lowest BCUT2D eigenvalue weighted by Crippen LogP contribution is -2.38. The Morgan fingerprint density at radius 1 is 1.00 bits per heavy atom. The lowest BCUT2D eigenvalue weighted by Gasteiger charge is -2.38. The van der Waals surface area contributed by atoms with Gasteiger partial charge in [0.25, 0.3) is 0 Å². The van der Waals surface area contributed by atoms with Gasteiger partial charge in [-0.15, -0.1) is 5.10 Å². The van der Waals surface area contributed by atoms with E-state index in [1.165, 1.54) is 0 Å². The monoisotopic (exact) mass is 594 g/mol. The van der Waals surface area contributed by atoms with E-state index in [9.17, 15) is 9.59 Å². The van der Waals surface area contributed by atoms with E-state index < -0.39 is 11.6 Å². The molecule has 0 N–H and O–H groups in total. The molecule has 0 saturated carbocycles. The highest BCUT2D eigenvalue weighted by Crippen LogP contribution is 2.45. The summed E-state index contributed by atoms with van der Waals surface area (Å²) >= 11 is 12.6. The van der Waals surface area contributed by atoms with Crippen LogP contribution in [-0.2, 0) is 16.0 Å². The number of carbonyl (C=O) groups excluding carboxylic acids is 2. The second-order valence-electron chi connectivity index (χ2n) is 11.3. The molecule has 0 fully saturated rings. The van der Waals surface area contributed by atoms with Gasteiger partial charge in [-0.1, -0.05) is 64.4 Å².